The van der Waals surface area contributed by atoms with Crippen molar-refractivity contribution in [1.29, 1.82) is 0 Å². The molecule has 2 heterocycles. The third-order valence-electron chi connectivity index (χ3n) is 8.24. The fraction of sp³-hybridized carbons (Fsp3) is 0.216. The van der Waals surface area contributed by atoms with Gasteiger partial charge in [0, 0.05) is 29.1 Å². The first-order chi connectivity index (χ1) is 22.7. The number of carboxylic acid groups (broad SMARTS) is 1. The molecule has 240 valence electrons. The lowest BCUT2D eigenvalue weighted by Gasteiger charge is -2.37. The van der Waals surface area contributed by atoms with Crippen LogP contribution in [-0.4, -0.2) is 45.5 Å². The molecule has 47 heavy (non-hydrogen) atoms. The van der Waals surface area contributed by atoms with E-state index in [1.165, 1.54) is 6.07 Å². The maximum atomic E-state index is 14.4. The van der Waals surface area contributed by atoms with Crippen molar-refractivity contribution >= 4 is 23.7 Å². The number of thioether (sulfide) groups is 1. The SMILES string of the molecule is Cc1cc(C(=O)O)nc(N2C[C@H](SC(c3ccccc3)(c3ccccc3)c3ccccc3)C[C@H]2COCc2cc(F)c(F)cc2F)n1. The lowest BCUT2D eigenvalue weighted by atomic mass is 9.84. The minimum Gasteiger partial charge on any atom is -0.477 e. The third kappa shape index (κ3) is 6.89. The van der Waals surface area contributed by atoms with Crippen LogP contribution in [0.25, 0.3) is 0 Å². The van der Waals surface area contributed by atoms with Gasteiger partial charge < -0.3 is 14.7 Å². The van der Waals surface area contributed by atoms with Crippen molar-refractivity contribution in [3.05, 3.63) is 160 Å². The van der Waals surface area contributed by atoms with Gasteiger partial charge in [-0.1, -0.05) is 91.0 Å². The maximum Gasteiger partial charge on any atom is 0.354 e. The number of carboxylic acids is 1. The molecular weight excluding hydrogens is 623 g/mol. The van der Waals surface area contributed by atoms with Crippen LogP contribution in [0.2, 0.25) is 0 Å². The van der Waals surface area contributed by atoms with Gasteiger partial charge >= 0.3 is 5.97 Å². The summed E-state index contributed by atoms with van der Waals surface area (Å²) in [7, 11) is 0. The van der Waals surface area contributed by atoms with E-state index in [1.54, 1.807) is 18.7 Å². The number of benzene rings is 4. The van der Waals surface area contributed by atoms with Gasteiger partial charge in [0.05, 0.1) is 24.0 Å². The molecule has 1 fully saturated rings. The third-order valence-corrected chi connectivity index (χ3v) is 9.97. The van der Waals surface area contributed by atoms with Gasteiger partial charge in [-0.25, -0.2) is 27.9 Å². The Morgan fingerprint density at radius 1 is 0.851 bits per heavy atom. The van der Waals surface area contributed by atoms with E-state index in [2.05, 4.69) is 46.4 Å². The molecule has 5 aromatic rings. The highest BCUT2D eigenvalue weighted by atomic mass is 32.2. The van der Waals surface area contributed by atoms with E-state index < -0.39 is 28.2 Å². The summed E-state index contributed by atoms with van der Waals surface area (Å²) in [6, 6.07) is 33.3. The lowest BCUT2D eigenvalue weighted by molar-refractivity contribution is 0.0690. The van der Waals surface area contributed by atoms with E-state index in [1.807, 2.05) is 59.5 Å². The average molecular weight is 656 g/mol. The summed E-state index contributed by atoms with van der Waals surface area (Å²) in [5, 5.41) is 9.70. The molecule has 0 unspecified atom stereocenters. The summed E-state index contributed by atoms with van der Waals surface area (Å²) in [5.41, 5.74) is 3.57. The quantitative estimate of drug-likeness (QED) is 0.115. The van der Waals surface area contributed by atoms with Crippen LogP contribution in [0.4, 0.5) is 19.1 Å². The molecule has 10 heteroatoms. The summed E-state index contributed by atoms with van der Waals surface area (Å²) < 4.78 is 47.1. The molecule has 0 amide bonds. The zero-order chi connectivity index (χ0) is 33.0. The molecule has 0 saturated carbocycles. The molecule has 0 spiro atoms. The number of ether oxygens (including phenoxy) is 1. The van der Waals surface area contributed by atoms with Crippen molar-refractivity contribution in [2.24, 2.45) is 0 Å². The molecule has 2 atom stereocenters. The Morgan fingerprint density at radius 3 is 1.96 bits per heavy atom. The number of aromatic carboxylic acids is 1. The molecule has 0 bridgehead atoms. The van der Waals surface area contributed by atoms with Gasteiger partial charge in [0.15, 0.2) is 17.3 Å². The van der Waals surface area contributed by atoms with Crippen LogP contribution in [0.15, 0.2) is 109 Å². The largest absolute Gasteiger partial charge is 0.477 e. The second-order valence-corrected chi connectivity index (χ2v) is 12.9. The molecule has 1 N–H and O–H groups in total. The molecule has 1 aliphatic heterocycles. The van der Waals surface area contributed by atoms with Crippen LogP contribution in [0, 0.1) is 24.4 Å². The Kier molecular flexibility index (Phi) is 9.60. The summed E-state index contributed by atoms with van der Waals surface area (Å²) in [4.78, 5) is 22.8. The highest BCUT2D eigenvalue weighted by Crippen LogP contribution is 2.52. The van der Waals surface area contributed by atoms with E-state index in [-0.39, 0.29) is 41.7 Å². The van der Waals surface area contributed by atoms with Gasteiger partial charge in [0.25, 0.3) is 0 Å². The molecular formula is C37H32F3N3O3S. The zero-order valence-electron chi connectivity index (χ0n) is 25.5. The Labute approximate surface area is 275 Å². The lowest BCUT2D eigenvalue weighted by Crippen LogP contribution is -2.35. The Morgan fingerprint density at radius 2 is 1.40 bits per heavy atom. The zero-order valence-corrected chi connectivity index (χ0v) is 26.3. The van der Waals surface area contributed by atoms with Gasteiger partial charge in [0.2, 0.25) is 5.95 Å². The predicted molar refractivity (Wildman–Crippen MR) is 176 cm³/mol. The Hall–Kier alpha value is -4.67. The Balaban J connectivity index is 1.37. The average Bonchev–Trinajstić information content (AvgIpc) is 3.49. The monoisotopic (exact) mass is 655 g/mol. The van der Waals surface area contributed by atoms with Crippen LogP contribution in [-0.2, 0) is 16.1 Å². The molecule has 1 aromatic heterocycles. The number of anilines is 1. The van der Waals surface area contributed by atoms with Crippen molar-refractivity contribution in [3.8, 4) is 0 Å². The summed E-state index contributed by atoms with van der Waals surface area (Å²) >= 11 is 1.79. The number of nitrogens with zero attached hydrogens (tertiary/aromatic N) is 3. The van der Waals surface area contributed by atoms with Gasteiger partial charge in [-0.3, -0.25) is 0 Å². The molecule has 6 nitrogen and oxygen atoms in total. The van der Waals surface area contributed by atoms with Crippen LogP contribution in [0.5, 0.6) is 0 Å². The number of carbonyl (C=O) groups is 1. The fourth-order valence-corrected chi connectivity index (χ4v) is 7.97. The van der Waals surface area contributed by atoms with Crippen molar-refractivity contribution in [3.63, 3.8) is 0 Å². The molecule has 6 rings (SSSR count). The molecule has 4 aromatic carbocycles. The first-order valence-corrected chi connectivity index (χ1v) is 16.0. The number of rotatable bonds is 11. The summed E-state index contributed by atoms with van der Waals surface area (Å²) in [6.07, 6.45) is 0.596. The number of aromatic nitrogens is 2. The topological polar surface area (TPSA) is 75.5 Å². The van der Waals surface area contributed by atoms with Crippen molar-refractivity contribution in [2.45, 2.75) is 36.0 Å². The minimum absolute atomic E-state index is 0.0263. The maximum absolute atomic E-state index is 14.4. The second kappa shape index (κ2) is 14.0. The molecule has 1 aliphatic rings. The number of halogens is 3. The van der Waals surface area contributed by atoms with Gasteiger partial charge in [-0.05, 0) is 42.2 Å². The van der Waals surface area contributed by atoms with Crippen LogP contribution >= 0.6 is 11.8 Å². The highest BCUT2D eigenvalue weighted by molar-refractivity contribution is 8.01. The second-order valence-electron chi connectivity index (χ2n) is 11.4. The normalized spacial score (nSPS) is 16.4. The highest BCUT2D eigenvalue weighted by Gasteiger charge is 2.44. The smallest absolute Gasteiger partial charge is 0.354 e. The number of aryl methyl sites for hydroxylation is 1. The number of hydrogen-bond donors (Lipinski definition) is 1. The molecule has 1 saturated heterocycles. The van der Waals surface area contributed by atoms with E-state index >= 15 is 0 Å². The first kappa shape index (κ1) is 32.3. The van der Waals surface area contributed by atoms with Crippen LogP contribution < -0.4 is 4.90 Å². The van der Waals surface area contributed by atoms with E-state index in [0.717, 1.165) is 22.8 Å². The van der Waals surface area contributed by atoms with Crippen molar-refractivity contribution in [1.82, 2.24) is 9.97 Å². The molecule has 0 radical (unpaired) electrons. The predicted octanol–water partition coefficient (Wildman–Crippen LogP) is 7.79. The van der Waals surface area contributed by atoms with Crippen molar-refractivity contribution in [2.75, 3.05) is 18.1 Å². The van der Waals surface area contributed by atoms with Gasteiger partial charge in [-0.2, -0.15) is 0 Å². The first-order valence-electron chi connectivity index (χ1n) is 15.2. The van der Waals surface area contributed by atoms with E-state index in [0.29, 0.717) is 24.7 Å². The van der Waals surface area contributed by atoms with Crippen LogP contribution in [0.1, 0.15) is 44.9 Å². The Bertz CT molecular complexity index is 1750. The number of hydrogen-bond acceptors (Lipinski definition) is 6. The van der Waals surface area contributed by atoms with E-state index in [4.69, 9.17) is 4.74 Å². The van der Waals surface area contributed by atoms with E-state index in [9.17, 15) is 23.1 Å². The summed E-state index contributed by atoms with van der Waals surface area (Å²) in [5.74, 6) is -4.23. The minimum atomic E-state index is -1.27. The fourth-order valence-electron chi connectivity index (χ4n) is 6.10. The van der Waals surface area contributed by atoms with Gasteiger partial charge in [-0.15, -0.1) is 11.8 Å². The van der Waals surface area contributed by atoms with Crippen molar-refractivity contribution < 1.29 is 27.8 Å². The summed E-state index contributed by atoms with van der Waals surface area (Å²) in [6.45, 7) is 1.99. The van der Waals surface area contributed by atoms with Crippen LogP contribution in [0.3, 0.4) is 0 Å². The standard InChI is InChI=1S/C37H32F3N3O3S/c1-24-17-34(35(44)45)42-36(41-24)43-21-30(19-29(43)23-46-22-25-18-32(39)33(40)20-31(25)38)47-37(26-11-5-2-6-12-26,27-13-7-3-8-14-27)28-15-9-4-10-16-28/h2-18,20,29-30H,19,21-23H2,1H3,(H,44,45)/t29-,30+/m0/s1. The molecule has 0 aliphatic carbocycles. The van der Waals surface area contributed by atoms with Gasteiger partial charge in [0.1, 0.15) is 5.82 Å².